The van der Waals surface area contributed by atoms with Crippen LogP contribution in [0.5, 0.6) is 0 Å². The molecule has 1 fully saturated rings. The van der Waals surface area contributed by atoms with Gasteiger partial charge in [-0.3, -0.25) is 0 Å². The van der Waals surface area contributed by atoms with Gasteiger partial charge in [-0.25, -0.2) is 9.97 Å². The Morgan fingerprint density at radius 1 is 1.12 bits per heavy atom. The minimum atomic E-state index is 0.320. The van der Waals surface area contributed by atoms with E-state index in [0.717, 1.165) is 11.3 Å². The molecule has 0 amide bonds. The molecule has 3 nitrogen and oxygen atoms in total. The quantitative estimate of drug-likeness (QED) is 0.784. The molecular formula is C12H13Cl2N3. The van der Waals surface area contributed by atoms with E-state index in [1.165, 1.54) is 32.1 Å². The second-order valence-electron chi connectivity index (χ2n) is 4.59. The summed E-state index contributed by atoms with van der Waals surface area (Å²) in [6.07, 6.45) is 6.34. The topological polar surface area (TPSA) is 41.6 Å². The second-order valence-corrected chi connectivity index (χ2v) is 5.35. The normalized spacial score (nSPS) is 17.8. The fourth-order valence-electron chi connectivity index (χ4n) is 2.48. The Hall–Kier alpha value is -0.800. The van der Waals surface area contributed by atoms with Gasteiger partial charge in [-0.05, 0) is 18.9 Å². The molecule has 0 unspecified atom stereocenters. The first-order valence-corrected chi connectivity index (χ1v) is 6.71. The summed E-state index contributed by atoms with van der Waals surface area (Å²) in [5.41, 5.74) is 1.54. The van der Waals surface area contributed by atoms with Gasteiger partial charge in [-0.2, -0.15) is 0 Å². The maximum Gasteiger partial charge on any atom is 0.179 e. The number of pyridine rings is 1. The number of hydrogen-bond acceptors (Lipinski definition) is 2. The average Bonchev–Trinajstić information content (AvgIpc) is 2.74. The van der Waals surface area contributed by atoms with Crippen molar-refractivity contribution in [2.24, 2.45) is 0 Å². The van der Waals surface area contributed by atoms with Crippen molar-refractivity contribution in [2.75, 3.05) is 0 Å². The van der Waals surface area contributed by atoms with Crippen LogP contribution in [0.15, 0.2) is 6.07 Å². The average molecular weight is 270 g/mol. The van der Waals surface area contributed by atoms with Gasteiger partial charge in [-0.15, -0.1) is 0 Å². The van der Waals surface area contributed by atoms with Crippen molar-refractivity contribution < 1.29 is 0 Å². The van der Waals surface area contributed by atoms with Crippen molar-refractivity contribution in [2.45, 2.75) is 38.0 Å². The van der Waals surface area contributed by atoms with Crippen LogP contribution >= 0.6 is 23.2 Å². The minimum Gasteiger partial charge on any atom is -0.340 e. The van der Waals surface area contributed by atoms with Crippen LogP contribution in [0.25, 0.3) is 11.2 Å². The number of imidazole rings is 1. The Balaban J connectivity index is 2.00. The highest BCUT2D eigenvalue weighted by molar-refractivity contribution is 6.41. The number of nitrogens with zero attached hydrogens (tertiary/aromatic N) is 2. The first kappa shape index (κ1) is 11.3. The zero-order valence-corrected chi connectivity index (χ0v) is 10.9. The van der Waals surface area contributed by atoms with Gasteiger partial charge in [0.05, 0.1) is 10.5 Å². The Labute approximate surface area is 110 Å². The number of hydrogen-bond donors (Lipinski definition) is 1. The number of aromatic nitrogens is 3. The highest BCUT2D eigenvalue weighted by Gasteiger charge is 2.19. The molecule has 0 aromatic carbocycles. The molecule has 0 radical (unpaired) electrons. The molecule has 3 rings (SSSR count). The smallest absolute Gasteiger partial charge is 0.179 e. The van der Waals surface area contributed by atoms with E-state index in [1.54, 1.807) is 6.07 Å². The molecule has 1 saturated carbocycles. The van der Waals surface area contributed by atoms with Gasteiger partial charge in [-0.1, -0.05) is 42.5 Å². The van der Waals surface area contributed by atoms with Crippen molar-refractivity contribution in [3.63, 3.8) is 0 Å². The number of fused-ring (bicyclic) bond motifs is 1. The summed E-state index contributed by atoms with van der Waals surface area (Å²) < 4.78 is 0. The molecule has 0 atom stereocenters. The lowest BCUT2D eigenvalue weighted by Crippen LogP contribution is -2.05. The van der Waals surface area contributed by atoms with Crippen LogP contribution in [0, 0.1) is 0 Å². The molecule has 2 aromatic heterocycles. The summed E-state index contributed by atoms with van der Waals surface area (Å²) in [5.74, 6) is 1.57. The van der Waals surface area contributed by atoms with E-state index in [2.05, 4.69) is 15.0 Å². The Morgan fingerprint density at radius 3 is 2.65 bits per heavy atom. The fourth-order valence-corrected chi connectivity index (χ4v) is 2.77. The number of H-pyrrole nitrogens is 1. The lowest BCUT2D eigenvalue weighted by atomic mass is 9.89. The maximum atomic E-state index is 5.94. The van der Waals surface area contributed by atoms with E-state index < -0.39 is 0 Å². The summed E-state index contributed by atoms with van der Waals surface area (Å²) in [6, 6.07) is 1.80. The summed E-state index contributed by atoms with van der Waals surface area (Å²) in [7, 11) is 0. The Kier molecular flexibility index (Phi) is 2.97. The van der Waals surface area contributed by atoms with E-state index in [9.17, 15) is 0 Å². The molecule has 1 aliphatic carbocycles. The van der Waals surface area contributed by atoms with Crippen LogP contribution in [0.1, 0.15) is 43.8 Å². The van der Waals surface area contributed by atoms with Crippen molar-refractivity contribution in [1.82, 2.24) is 15.0 Å². The van der Waals surface area contributed by atoms with E-state index >= 15 is 0 Å². The van der Waals surface area contributed by atoms with Gasteiger partial charge in [0.2, 0.25) is 0 Å². The molecule has 0 bridgehead atoms. The van der Waals surface area contributed by atoms with E-state index in [-0.39, 0.29) is 0 Å². The minimum absolute atomic E-state index is 0.320. The summed E-state index contributed by atoms with van der Waals surface area (Å²) >= 11 is 11.8. The third-order valence-electron chi connectivity index (χ3n) is 3.39. The lowest BCUT2D eigenvalue weighted by Gasteiger charge is -2.18. The number of halogens is 2. The van der Waals surface area contributed by atoms with Crippen LogP contribution in [0.2, 0.25) is 10.2 Å². The molecule has 0 spiro atoms. The highest BCUT2D eigenvalue weighted by atomic mass is 35.5. The standard InChI is InChI=1S/C12H13Cl2N3/c13-8-6-9-12(16-10(8)14)17-11(15-9)7-4-2-1-3-5-7/h6-7H,1-5H2,(H,15,16,17). The van der Waals surface area contributed by atoms with Crippen LogP contribution < -0.4 is 0 Å². The zero-order chi connectivity index (χ0) is 11.8. The van der Waals surface area contributed by atoms with Gasteiger partial charge in [0.15, 0.2) is 5.65 Å². The second kappa shape index (κ2) is 4.46. The first-order valence-electron chi connectivity index (χ1n) is 5.95. The Morgan fingerprint density at radius 2 is 1.88 bits per heavy atom. The zero-order valence-electron chi connectivity index (χ0n) is 9.34. The van der Waals surface area contributed by atoms with Gasteiger partial charge in [0, 0.05) is 5.92 Å². The summed E-state index contributed by atoms with van der Waals surface area (Å²) in [6.45, 7) is 0. The van der Waals surface area contributed by atoms with Gasteiger partial charge >= 0.3 is 0 Å². The highest BCUT2D eigenvalue weighted by Crippen LogP contribution is 2.32. The predicted octanol–water partition coefficient (Wildman–Crippen LogP) is 4.31. The van der Waals surface area contributed by atoms with Gasteiger partial charge < -0.3 is 4.98 Å². The van der Waals surface area contributed by atoms with Crippen molar-refractivity contribution >= 4 is 34.4 Å². The first-order chi connectivity index (χ1) is 8.24. The van der Waals surface area contributed by atoms with Crippen molar-refractivity contribution in [1.29, 1.82) is 0 Å². The fraction of sp³-hybridized carbons (Fsp3) is 0.500. The molecule has 17 heavy (non-hydrogen) atoms. The molecule has 1 aliphatic rings. The molecule has 90 valence electrons. The van der Waals surface area contributed by atoms with Gasteiger partial charge in [0.25, 0.3) is 0 Å². The molecule has 0 aliphatic heterocycles. The summed E-state index contributed by atoms with van der Waals surface area (Å²) in [5, 5.41) is 0.791. The largest absolute Gasteiger partial charge is 0.340 e. The van der Waals surface area contributed by atoms with Crippen LogP contribution in [-0.2, 0) is 0 Å². The number of aromatic amines is 1. The third kappa shape index (κ3) is 2.14. The van der Waals surface area contributed by atoms with E-state index in [4.69, 9.17) is 23.2 Å². The maximum absolute atomic E-state index is 5.94. The number of nitrogens with one attached hydrogen (secondary N) is 1. The molecule has 1 N–H and O–H groups in total. The SMILES string of the molecule is Clc1cc2[nH]c(C3CCCCC3)nc2nc1Cl. The van der Waals surface area contributed by atoms with Gasteiger partial charge in [0.1, 0.15) is 11.0 Å². The third-order valence-corrected chi connectivity index (χ3v) is 4.07. The van der Waals surface area contributed by atoms with Crippen molar-refractivity contribution in [3.8, 4) is 0 Å². The van der Waals surface area contributed by atoms with E-state index in [0.29, 0.717) is 21.7 Å². The molecule has 2 aromatic rings. The molecule has 0 saturated heterocycles. The lowest BCUT2D eigenvalue weighted by molar-refractivity contribution is 0.431. The van der Waals surface area contributed by atoms with Crippen LogP contribution in [0.3, 0.4) is 0 Å². The summed E-state index contributed by atoms with van der Waals surface area (Å²) in [4.78, 5) is 12.0. The van der Waals surface area contributed by atoms with Crippen molar-refractivity contribution in [3.05, 3.63) is 22.1 Å². The van der Waals surface area contributed by atoms with Crippen LogP contribution in [0.4, 0.5) is 0 Å². The molecule has 2 heterocycles. The van der Waals surface area contributed by atoms with E-state index in [1.807, 2.05) is 0 Å². The Bertz CT molecular complexity index is 505. The van der Waals surface area contributed by atoms with Crippen LogP contribution in [-0.4, -0.2) is 15.0 Å². The number of rotatable bonds is 1. The predicted molar refractivity (Wildman–Crippen MR) is 69.7 cm³/mol. The monoisotopic (exact) mass is 269 g/mol. The molecule has 5 heteroatoms. The molecular weight excluding hydrogens is 257 g/mol.